The molecule has 2 amide bonds. The van der Waals surface area contributed by atoms with Crippen LogP contribution < -0.4 is 15.1 Å². The molecule has 4 rings (SSSR count). The number of fused-ring (bicyclic) bond motifs is 3. The van der Waals surface area contributed by atoms with Gasteiger partial charge in [-0.05, 0) is 55.2 Å². The van der Waals surface area contributed by atoms with Crippen LogP contribution in [0.25, 0.3) is 0 Å². The van der Waals surface area contributed by atoms with Crippen molar-refractivity contribution in [3.8, 4) is 0 Å². The normalized spacial score (nSPS) is 18.7. The lowest BCUT2D eigenvalue weighted by molar-refractivity contribution is -0.120. The number of amides is 2. The molecule has 2 aromatic rings. The van der Waals surface area contributed by atoms with Crippen LogP contribution in [0.5, 0.6) is 0 Å². The molecule has 2 aromatic carbocycles. The highest BCUT2D eigenvalue weighted by Gasteiger charge is 2.37. The van der Waals surface area contributed by atoms with Crippen LogP contribution in [0.15, 0.2) is 42.5 Å². The molecule has 1 saturated heterocycles. The van der Waals surface area contributed by atoms with Gasteiger partial charge in [0.15, 0.2) is 0 Å². The fourth-order valence-electron chi connectivity index (χ4n) is 3.93. The fourth-order valence-corrected chi connectivity index (χ4v) is 3.93. The molecule has 2 aliphatic heterocycles. The van der Waals surface area contributed by atoms with Crippen LogP contribution in [-0.2, 0) is 11.3 Å². The third-order valence-corrected chi connectivity index (χ3v) is 5.37. The molecule has 1 atom stereocenters. The Kier molecular flexibility index (Phi) is 4.56. The molecule has 1 fully saturated rings. The Bertz CT molecular complexity index is 899. The quantitative estimate of drug-likeness (QED) is 0.907. The average Bonchev–Trinajstić information content (AvgIpc) is 2.70. The predicted molar refractivity (Wildman–Crippen MR) is 102 cm³/mol. The second-order valence-electron chi connectivity index (χ2n) is 7.12. The van der Waals surface area contributed by atoms with E-state index in [0.717, 1.165) is 37.2 Å². The summed E-state index contributed by atoms with van der Waals surface area (Å²) in [5, 5.41) is 2.81. The number of anilines is 2. The molecule has 0 radical (unpaired) electrons. The second-order valence-corrected chi connectivity index (χ2v) is 7.12. The number of piperidine rings is 1. The van der Waals surface area contributed by atoms with Gasteiger partial charge in [-0.3, -0.25) is 9.59 Å². The minimum Gasteiger partial charge on any atom is -0.358 e. The molecule has 2 aliphatic rings. The molecule has 5 nitrogen and oxygen atoms in total. The Hall–Kier alpha value is -2.89. The zero-order valence-corrected chi connectivity index (χ0v) is 15.2. The van der Waals surface area contributed by atoms with Crippen molar-refractivity contribution in [3.63, 3.8) is 0 Å². The molecule has 0 spiro atoms. The molecule has 2 heterocycles. The first kappa shape index (κ1) is 17.5. The molecule has 0 bridgehead atoms. The SMILES string of the molecule is CN1C(=O)[C@H]2CCCCN2c2ccc(C(=O)NCc3cccc(F)c3)cc21. The van der Waals surface area contributed by atoms with Crippen molar-refractivity contribution in [1.29, 1.82) is 0 Å². The number of hydrogen-bond donors (Lipinski definition) is 1. The van der Waals surface area contributed by atoms with E-state index in [0.29, 0.717) is 11.1 Å². The summed E-state index contributed by atoms with van der Waals surface area (Å²) >= 11 is 0. The minimum absolute atomic E-state index is 0.0829. The fraction of sp³-hybridized carbons (Fsp3) is 0.333. The highest BCUT2D eigenvalue weighted by Crippen LogP contribution is 2.39. The third kappa shape index (κ3) is 3.27. The summed E-state index contributed by atoms with van der Waals surface area (Å²) in [7, 11) is 1.77. The Morgan fingerprint density at radius 3 is 2.85 bits per heavy atom. The maximum atomic E-state index is 13.3. The van der Waals surface area contributed by atoms with E-state index >= 15 is 0 Å². The number of hydrogen-bond acceptors (Lipinski definition) is 3. The summed E-state index contributed by atoms with van der Waals surface area (Å²) < 4.78 is 13.3. The number of nitrogens with one attached hydrogen (secondary N) is 1. The smallest absolute Gasteiger partial charge is 0.251 e. The Labute approximate surface area is 157 Å². The van der Waals surface area contributed by atoms with Gasteiger partial charge in [-0.2, -0.15) is 0 Å². The zero-order valence-electron chi connectivity index (χ0n) is 15.2. The Morgan fingerprint density at radius 1 is 1.19 bits per heavy atom. The van der Waals surface area contributed by atoms with E-state index in [-0.39, 0.29) is 30.2 Å². The summed E-state index contributed by atoms with van der Waals surface area (Å²) in [5.41, 5.74) is 2.95. The van der Waals surface area contributed by atoms with Crippen LogP contribution in [-0.4, -0.2) is 31.4 Å². The van der Waals surface area contributed by atoms with E-state index < -0.39 is 0 Å². The lowest BCUT2D eigenvalue weighted by Crippen LogP contribution is -2.54. The first-order valence-corrected chi connectivity index (χ1v) is 9.25. The second kappa shape index (κ2) is 7.02. The molecule has 0 unspecified atom stereocenters. The summed E-state index contributed by atoms with van der Waals surface area (Å²) in [4.78, 5) is 29.1. The number of rotatable bonds is 3. The molecule has 0 saturated carbocycles. The first-order valence-electron chi connectivity index (χ1n) is 9.25. The molecule has 0 aromatic heterocycles. The van der Waals surface area contributed by atoms with Crippen molar-refractivity contribution < 1.29 is 14.0 Å². The Balaban J connectivity index is 1.55. The van der Waals surface area contributed by atoms with Crippen LogP contribution in [0.2, 0.25) is 0 Å². The van der Waals surface area contributed by atoms with Gasteiger partial charge in [0.1, 0.15) is 11.9 Å². The molecular formula is C21H22FN3O2. The van der Waals surface area contributed by atoms with Crippen LogP contribution in [0.1, 0.15) is 35.2 Å². The lowest BCUT2D eigenvalue weighted by atomic mass is 9.96. The van der Waals surface area contributed by atoms with Crippen molar-refractivity contribution >= 4 is 23.2 Å². The standard InChI is InChI=1S/C21H22FN3O2/c1-24-19-12-15(20(26)23-13-14-5-4-6-16(22)11-14)8-9-17(19)25-10-3-2-7-18(25)21(24)27/h4-6,8-9,11-12,18H,2-3,7,10,13H2,1H3,(H,23,26)/t18-/m1/s1. The van der Waals surface area contributed by atoms with E-state index in [1.165, 1.54) is 12.1 Å². The summed E-state index contributed by atoms with van der Waals surface area (Å²) in [6.07, 6.45) is 3.01. The number of likely N-dealkylation sites (N-methyl/N-ethyl adjacent to an activating group) is 1. The van der Waals surface area contributed by atoms with Gasteiger partial charge in [0.25, 0.3) is 5.91 Å². The van der Waals surface area contributed by atoms with Gasteiger partial charge < -0.3 is 15.1 Å². The van der Waals surface area contributed by atoms with E-state index in [1.54, 1.807) is 36.2 Å². The van der Waals surface area contributed by atoms with Gasteiger partial charge in [-0.25, -0.2) is 4.39 Å². The molecule has 27 heavy (non-hydrogen) atoms. The average molecular weight is 367 g/mol. The van der Waals surface area contributed by atoms with Crippen molar-refractivity contribution in [1.82, 2.24) is 5.32 Å². The van der Waals surface area contributed by atoms with E-state index in [9.17, 15) is 14.0 Å². The lowest BCUT2D eigenvalue weighted by Gasteiger charge is -2.44. The largest absolute Gasteiger partial charge is 0.358 e. The van der Waals surface area contributed by atoms with Gasteiger partial charge >= 0.3 is 0 Å². The van der Waals surface area contributed by atoms with Gasteiger partial charge in [0.2, 0.25) is 5.91 Å². The minimum atomic E-state index is -0.327. The number of carbonyl (C=O) groups excluding carboxylic acids is 2. The highest BCUT2D eigenvalue weighted by atomic mass is 19.1. The maximum Gasteiger partial charge on any atom is 0.251 e. The Morgan fingerprint density at radius 2 is 2.04 bits per heavy atom. The van der Waals surface area contributed by atoms with Crippen molar-refractivity contribution in [2.24, 2.45) is 0 Å². The molecule has 0 aliphatic carbocycles. The number of benzene rings is 2. The molecular weight excluding hydrogens is 345 g/mol. The number of halogens is 1. The molecule has 6 heteroatoms. The number of nitrogens with zero attached hydrogens (tertiary/aromatic N) is 2. The third-order valence-electron chi connectivity index (χ3n) is 5.37. The highest BCUT2D eigenvalue weighted by molar-refractivity contribution is 6.07. The van der Waals surface area contributed by atoms with Gasteiger partial charge in [0.05, 0.1) is 11.4 Å². The monoisotopic (exact) mass is 367 g/mol. The summed E-state index contributed by atoms with van der Waals surface area (Å²) in [6, 6.07) is 11.5. The van der Waals surface area contributed by atoms with Gasteiger partial charge in [-0.15, -0.1) is 0 Å². The van der Waals surface area contributed by atoms with E-state index in [2.05, 4.69) is 10.2 Å². The van der Waals surface area contributed by atoms with Crippen molar-refractivity contribution in [3.05, 3.63) is 59.4 Å². The first-order chi connectivity index (χ1) is 13.0. The van der Waals surface area contributed by atoms with Gasteiger partial charge in [-0.1, -0.05) is 12.1 Å². The number of carbonyl (C=O) groups is 2. The van der Waals surface area contributed by atoms with Crippen LogP contribution in [0.3, 0.4) is 0 Å². The molecule has 1 N–H and O–H groups in total. The van der Waals surface area contributed by atoms with Crippen LogP contribution in [0, 0.1) is 5.82 Å². The summed E-state index contributed by atoms with van der Waals surface area (Å²) in [6.45, 7) is 1.11. The topological polar surface area (TPSA) is 52.7 Å². The van der Waals surface area contributed by atoms with Crippen molar-refractivity contribution in [2.75, 3.05) is 23.4 Å². The van der Waals surface area contributed by atoms with Crippen LogP contribution in [0.4, 0.5) is 15.8 Å². The van der Waals surface area contributed by atoms with E-state index in [1.807, 2.05) is 6.07 Å². The summed E-state index contributed by atoms with van der Waals surface area (Å²) in [5.74, 6) is -0.491. The zero-order chi connectivity index (χ0) is 19.0. The predicted octanol–water partition coefficient (Wildman–Crippen LogP) is 3.09. The van der Waals surface area contributed by atoms with Crippen molar-refractivity contribution in [2.45, 2.75) is 31.8 Å². The van der Waals surface area contributed by atoms with Crippen LogP contribution >= 0.6 is 0 Å². The maximum absolute atomic E-state index is 13.3. The van der Waals surface area contributed by atoms with E-state index in [4.69, 9.17) is 0 Å². The van der Waals surface area contributed by atoms with Gasteiger partial charge in [0, 0.05) is 25.7 Å². The molecule has 140 valence electrons.